The normalized spacial score (nSPS) is 21.3. The predicted molar refractivity (Wildman–Crippen MR) is 108 cm³/mol. The largest absolute Gasteiger partial charge is 0.495 e. The number of morpholine rings is 1. The van der Waals surface area contributed by atoms with Crippen molar-refractivity contribution in [3.63, 3.8) is 0 Å². The molecule has 3 heterocycles. The van der Waals surface area contributed by atoms with E-state index in [-0.39, 0.29) is 30.6 Å². The van der Waals surface area contributed by atoms with Crippen LogP contribution in [0.25, 0.3) is 11.1 Å². The molecule has 2 fully saturated rings. The summed E-state index contributed by atoms with van der Waals surface area (Å²) in [7, 11) is 1.59. The van der Waals surface area contributed by atoms with Gasteiger partial charge in [0.05, 0.1) is 24.9 Å². The van der Waals surface area contributed by atoms with Gasteiger partial charge in [-0.15, -0.1) is 0 Å². The SMILES string of the molecule is COc1cc(-c2ccc(C(=O)N3CC[C@H]4OCC(=O)N[C@H]4C3)cc2)c(N)nc1C. The van der Waals surface area contributed by atoms with Gasteiger partial charge in [0.1, 0.15) is 18.2 Å². The minimum Gasteiger partial charge on any atom is -0.495 e. The monoisotopic (exact) mass is 396 g/mol. The maximum absolute atomic E-state index is 12.9. The van der Waals surface area contributed by atoms with E-state index >= 15 is 0 Å². The van der Waals surface area contributed by atoms with Crippen LogP contribution in [0.15, 0.2) is 30.3 Å². The summed E-state index contributed by atoms with van der Waals surface area (Å²) < 4.78 is 10.9. The minimum absolute atomic E-state index is 0.0221. The standard InChI is InChI=1S/C21H24N4O4/c1-12-18(28-2)9-15(20(22)23-12)13-3-5-14(6-4-13)21(27)25-8-7-17-16(10-25)24-19(26)11-29-17/h3-6,9,16-17H,7-8,10-11H2,1-2H3,(H2,22,23)(H,24,26)/t16-,17+/m0/s1. The number of ether oxygens (including phenoxy) is 2. The van der Waals surface area contributed by atoms with Crippen molar-refractivity contribution in [2.24, 2.45) is 0 Å². The number of nitrogen functional groups attached to an aromatic ring is 1. The molecular weight excluding hydrogens is 372 g/mol. The molecule has 2 aliphatic rings. The predicted octanol–water partition coefficient (Wildman–Crippen LogP) is 1.38. The Bertz CT molecular complexity index is 944. The number of nitrogens with zero attached hydrogens (tertiary/aromatic N) is 2. The molecular formula is C21H24N4O4. The molecule has 0 aliphatic carbocycles. The van der Waals surface area contributed by atoms with E-state index in [0.717, 1.165) is 16.8 Å². The number of nitrogens with two attached hydrogens (primary N) is 1. The van der Waals surface area contributed by atoms with Gasteiger partial charge >= 0.3 is 0 Å². The molecule has 1 aromatic carbocycles. The Morgan fingerprint density at radius 2 is 2.10 bits per heavy atom. The number of hydrogen-bond donors (Lipinski definition) is 2. The molecule has 2 amide bonds. The number of hydrogen-bond acceptors (Lipinski definition) is 6. The molecule has 0 saturated carbocycles. The number of likely N-dealkylation sites (tertiary alicyclic amines) is 1. The fourth-order valence-corrected chi connectivity index (χ4v) is 3.90. The van der Waals surface area contributed by atoms with Crippen LogP contribution in [0.4, 0.5) is 5.82 Å². The van der Waals surface area contributed by atoms with Crippen LogP contribution >= 0.6 is 0 Å². The van der Waals surface area contributed by atoms with Crippen molar-refractivity contribution in [1.29, 1.82) is 0 Å². The van der Waals surface area contributed by atoms with Crippen LogP contribution in [0.2, 0.25) is 0 Å². The third-order valence-corrected chi connectivity index (χ3v) is 5.47. The lowest BCUT2D eigenvalue weighted by Crippen LogP contribution is -2.61. The van der Waals surface area contributed by atoms with Crippen molar-refractivity contribution in [1.82, 2.24) is 15.2 Å². The van der Waals surface area contributed by atoms with E-state index in [4.69, 9.17) is 15.2 Å². The summed E-state index contributed by atoms with van der Waals surface area (Å²) in [5.74, 6) is 0.874. The fourth-order valence-electron chi connectivity index (χ4n) is 3.90. The van der Waals surface area contributed by atoms with Crippen molar-refractivity contribution in [2.75, 3.05) is 32.5 Å². The molecule has 8 nitrogen and oxygen atoms in total. The van der Waals surface area contributed by atoms with E-state index in [2.05, 4.69) is 10.3 Å². The zero-order chi connectivity index (χ0) is 20.5. The molecule has 1 aromatic heterocycles. The molecule has 2 saturated heterocycles. The van der Waals surface area contributed by atoms with Gasteiger partial charge < -0.3 is 25.4 Å². The second-order valence-corrected chi connectivity index (χ2v) is 7.35. The topological polar surface area (TPSA) is 107 Å². The van der Waals surface area contributed by atoms with Crippen LogP contribution in [-0.4, -0.2) is 60.7 Å². The molecule has 0 bridgehead atoms. The number of benzene rings is 1. The molecule has 0 radical (unpaired) electrons. The van der Waals surface area contributed by atoms with Gasteiger partial charge in [0, 0.05) is 24.2 Å². The molecule has 29 heavy (non-hydrogen) atoms. The number of piperidine rings is 1. The van der Waals surface area contributed by atoms with Gasteiger partial charge in [0.2, 0.25) is 5.91 Å². The van der Waals surface area contributed by atoms with Gasteiger partial charge in [0.25, 0.3) is 5.91 Å². The quantitative estimate of drug-likeness (QED) is 0.812. The number of rotatable bonds is 3. The zero-order valence-electron chi connectivity index (χ0n) is 16.5. The van der Waals surface area contributed by atoms with E-state index in [1.54, 1.807) is 24.1 Å². The molecule has 8 heteroatoms. The molecule has 152 valence electrons. The van der Waals surface area contributed by atoms with Crippen LogP contribution in [0.5, 0.6) is 5.75 Å². The van der Waals surface area contributed by atoms with Gasteiger partial charge in [-0.05, 0) is 37.1 Å². The van der Waals surface area contributed by atoms with E-state index in [0.29, 0.717) is 36.6 Å². The summed E-state index contributed by atoms with van der Waals surface area (Å²) in [6.07, 6.45) is 0.686. The van der Waals surface area contributed by atoms with Gasteiger partial charge in [0.15, 0.2) is 0 Å². The number of aromatic nitrogens is 1. The summed E-state index contributed by atoms with van der Waals surface area (Å²) in [5.41, 5.74) is 9.00. The average molecular weight is 396 g/mol. The summed E-state index contributed by atoms with van der Waals surface area (Å²) in [6.45, 7) is 2.98. The van der Waals surface area contributed by atoms with Crippen LogP contribution < -0.4 is 15.8 Å². The van der Waals surface area contributed by atoms with Gasteiger partial charge in [-0.3, -0.25) is 9.59 Å². The second kappa shape index (κ2) is 7.71. The van der Waals surface area contributed by atoms with Crippen molar-refractivity contribution < 1.29 is 19.1 Å². The Labute approximate surface area is 169 Å². The van der Waals surface area contributed by atoms with Crippen molar-refractivity contribution in [2.45, 2.75) is 25.5 Å². The molecule has 2 atom stereocenters. The van der Waals surface area contributed by atoms with E-state index in [1.165, 1.54) is 0 Å². The van der Waals surface area contributed by atoms with Crippen molar-refractivity contribution in [3.8, 4) is 16.9 Å². The summed E-state index contributed by atoms with van der Waals surface area (Å²) >= 11 is 0. The van der Waals surface area contributed by atoms with Gasteiger partial charge in [-0.1, -0.05) is 12.1 Å². The van der Waals surface area contributed by atoms with Crippen molar-refractivity contribution in [3.05, 3.63) is 41.6 Å². The number of carbonyl (C=O) groups excluding carboxylic acids is 2. The number of carbonyl (C=O) groups is 2. The zero-order valence-corrected chi connectivity index (χ0v) is 16.5. The Kier molecular flexibility index (Phi) is 5.10. The number of pyridine rings is 1. The number of nitrogens with one attached hydrogen (secondary N) is 1. The van der Waals surface area contributed by atoms with Gasteiger partial charge in [-0.2, -0.15) is 0 Å². The van der Waals surface area contributed by atoms with Crippen LogP contribution in [-0.2, 0) is 9.53 Å². The molecule has 0 spiro atoms. The summed E-state index contributed by atoms with van der Waals surface area (Å²) in [5, 5.41) is 2.92. The van der Waals surface area contributed by atoms with E-state index in [9.17, 15) is 9.59 Å². The van der Waals surface area contributed by atoms with Crippen LogP contribution in [0.3, 0.4) is 0 Å². The highest BCUT2D eigenvalue weighted by Gasteiger charge is 2.36. The van der Waals surface area contributed by atoms with Gasteiger partial charge in [-0.25, -0.2) is 4.98 Å². The third kappa shape index (κ3) is 3.75. The summed E-state index contributed by atoms with van der Waals surface area (Å²) in [6, 6.07) is 8.97. The Balaban J connectivity index is 1.51. The number of aryl methyl sites for hydroxylation is 1. The molecule has 2 aliphatic heterocycles. The highest BCUT2D eigenvalue weighted by Crippen LogP contribution is 2.30. The molecule has 4 rings (SSSR count). The van der Waals surface area contributed by atoms with E-state index in [1.807, 2.05) is 25.1 Å². The highest BCUT2D eigenvalue weighted by molar-refractivity contribution is 5.95. The average Bonchev–Trinajstić information content (AvgIpc) is 2.73. The first kappa shape index (κ1) is 19.2. The second-order valence-electron chi connectivity index (χ2n) is 7.35. The number of methoxy groups -OCH3 is 1. The lowest BCUT2D eigenvalue weighted by molar-refractivity contribution is -0.139. The first-order valence-corrected chi connectivity index (χ1v) is 9.58. The number of amides is 2. The van der Waals surface area contributed by atoms with E-state index < -0.39 is 0 Å². The Morgan fingerprint density at radius 1 is 1.34 bits per heavy atom. The molecule has 2 aromatic rings. The minimum atomic E-state index is -0.154. The molecule has 0 unspecified atom stereocenters. The summed E-state index contributed by atoms with van der Waals surface area (Å²) in [4.78, 5) is 30.6. The Morgan fingerprint density at radius 3 is 2.83 bits per heavy atom. The number of anilines is 1. The first-order valence-electron chi connectivity index (χ1n) is 9.58. The van der Waals surface area contributed by atoms with Crippen LogP contribution in [0, 0.1) is 6.92 Å². The lowest BCUT2D eigenvalue weighted by atomic mass is 9.99. The Hall–Kier alpha value is -3.13. The maximum Gasteiger partial charge on any atom is 0.253 e. The third-order valence-electron chi connectivity index (χ3n) is 5.47. The molecule has 3 N–H and O–H groups in total. The number of fused-ring (bicyclic) bond motifs is 1. The maximum atomic E-state index is 12.9. The van der Waals surface area contributed by atoms with Crippen LogP contribution in [0.1, 0.15) is 22.5 Å². The smallest absolute Gasteiger partial charge is 0.253 e. The van der Waals surface area contributed by atoms with Crippen molar-refractivity contribution >= 4 is 17.6 Å². The lowest BCUT2D eigenvalue weighted by Gasteiger charge is -2.41. The first-order chi connectivity index (χ1) is 14.0. The highest BCUT2D eigenvalue weighted by atomic mass is 16.5. The fraction of sp³-hybridized carbons (Fsp3) is 0.381.